The van der Waals surface area contributed by atoms with Gasteiger partial charge in [-0.05, 0) is 44.8 Å². The molecule has 0 aromatic rings. The van der Waals surface area contributed by atoms with E-state index in [4.69, 9.17) is 9.47 Å². The summed E-state index contributed by atoms with van der Waals surface area (Å²) in [6.07, 6.45) is 1.75. The molecule has 0 aliphatic carbocycles. The summed E-state index contributed by atoms with van der Waals surface area (Å²) < 4.78 is 10.8. The summed E-state index contributed by atoms with van der Waals surface area (Å²) in [6, 6.07) is 0. The first-order valence-corrected chi connectivity index (χ1v) is 6.10. The second kappa shape index (κ2) is 4.61. The van der Waals surface area contributed by atoms with E-state index in [0.29, 0.717) is 25.5 Å². The van der Waals surface area contributed by atoms with Crippen LogP contribution in [0.25, 0.3) is 0 Å². The van der Waals surface area contributed by atoms with E-state index >= 15 is 0 Å². The number of hydrogen-bond acceptors (Lipinski definition) is 4. The maximum absolute atomic E-state index is 11.7. The lowest BCUT2D eigenvalue weighted by Crippen LogP contribution is -2.24. The Morgan fingerprint density at radius 1 is 1.53 bits per heavy atom. The Hall–Kier alpha value is -1.16. The van der Waals surface area contributed by atoms with Crippen molar-refractivity contribution >= 4 is 11.7 Å². The zero-order valence-corrected chi connectivity index (χ0v) is 10.7. The van der Waals surface area contributed by atoms with Gasteiger partial charge in [0.05, 0.1) is 25.4 Å². The van der Waals surface area contributed by atoms with Gasteiger partial charge in [-0.15, -0.1) is 0 Å². The molecular weight excluding hydrogens is 218 g/mol. The molecule has 2 heterocycles. The average Bonchev–Trinajstić information content (AvgIpc) is 2.61. The Bertz CT molecular complexity index is 393. The van der Waals surface area contributed by atoms with Crippen LogP contribution in [0.1, 0.15) is 33.6 Å². The summed E-state index contributed by atoms with van der Waals surface area (Å²) in [5, 5.41) is 0. The fraction of sp³-hybridized carbons (Fsp3) is 0.692. The molecule has 0 N–H and O–H groups in total. The lowest BCUT2D eigenvalue weighted by atomic mass is 9.96. The highest BCUT2D eigenvalue weighted by Gasteiger charge is 2.31. The minimum absolute atomic E-state index is 0.121. The second-order valence-electron chi connectivity index (χ2n) is 5.02. The van der Waals surface area contributed by atoms with E-state index in [1.165, 1.54) is 0 Å². The van der Waals surface area contributed by atoms with Crippen LogP contribution in [0.4, 0.5) is 0 Å². The quantitative estimate of drug-likeness (QED) is 0.689. The topological polar surface area (TPSA) is 47.9 Å². The third-order valence-electron chi connectivity index (χ3n) is 3.22. The first-order chi connectivity index (χ1) is 8.03. The molecule has 0 fully saturated rings. The summed E-state index contributed by atoms with van der Waals surface area (Å²) in [7, 11) is 0. The average molecular weight is 237 g/mol. The second-order valence-corrected chi connectivity index (χ2v) is 5.02. The lowest BCUT2D eigenvalue weighted by molar-refractivity contribution is -0.134. The summed E-state index contributed by atoms with van der Waals surface area (Å²) in [5.41, 5.74) is 2.58. The summed E-state index contributed by atoms with van der Waals surface area (Å²) in [6.45, 7) is 7.52. The third kappa shape index (κ3) is 2.57. The first-order valence-electron chi connectivity index (χ1n) is 6.10. The lowest BCUT2D eigenvalue weighted by Gasteiger charge is -2.23. The van der Waals surface area contributed by atoms with Gasteiger partial charge in [-0.3, -0.25) is 4.99 Å². The van der Waals surface area contributed by atoms with Crippen LogP contribution in [-0.4, -0.2) is 37.0 Å². The molecule has 0 bridgehead atoms. The maximum atomic E-state index is 11.7. The molecule has 94 valence electrons. The van der Waals surface area contributed by atoms with Gasteiger partial charge in [0.25, 0.3) is 0 Å². The van der Waals surface area contributed by atoms with E-state index in [0.717, 1.165) is 24.0 Å². The molecule has 2 aliphatic heterocycles. The van der Waals surface area contributed by atoms with Gasteiger partial charge in [0.15, 0.2) is 0 Å². The molecule has 0 unspecified atom stereocenters. The van der Waals surface area contributed by atoms with Crippen LogP contribution < -0.4 is 0 Å². The Morgan fingerprint density at radius 3 is 3.00 bits per heavy atom. The number of hydrogen-bond donors (Lipinski definition) is 0. The van der Waals surface area contributed by atoms with Gasteiger partial charge >= 0.3 is 5.97 Å². The normalized spacial score (nSPS) is 22.9. The highest BCUT2D eigenvalue weighted by Crippen LogP contribution is 2.30. The smallest absolute Gasteiger partial charge is 0.356 e. The number of carbonyl (C=O) groups is 1. The molecule has 0 saturated heterocycles. The molecule has 0 atom stereocenters. The number of nitrogens with zero attached hydrogens (tertiary/aromatic N) is 1. The standard InChI is InChI=1S/C13H19NO3/c1-4-16-12(15)11-10-5-6-13(2,3)17-8-9(10)7-14-11/h4-8H2,1-3H3. The van der Waals surface area contributed by atoms with Crippen LogP contribution in [0.15, 0.2) is 16.1 Å². The molecule has 4 nitrogen and oxygen atoms in total. The Morgan fingerprint density at radius 2 is 2.29 bits per heavy atom. The van der Waals surface area contributed by atoms with E-state index in [2.05, 4.69) is 18.8 Å². The van der Waals surface area contributed by atoms with Gasteiger partial charge < -0.3 is 9.47 Å². The van der Waals surface area contributed by atoms with Crippen LogP contribution in [-0.2, 0) is 14.3 Å². The molecule has 2 rings (SSSR count). The number of rotatable bonds is 2. The van der Waals surface area contributed by atoms with Crippen LogP contribution in [0.3, 0.4) is 0 Å². The van der Waals surface area contributed by atoms with Crippen LogP contribution >= 0.6 is 0 Å². The highest BCUT2D eigenvalue weighted by molar-refractivity contribution is 6.44. The van der Waals surface area contributed by atoms with Crippen molar-refractivity contribution in [3.05, 3.63) is 11.1 Å². The van der Waals surface area contributed by atoms with Gasteiger partial charge in [-0.25, -0.2) is 4.79 Å². The van der Waals surface area contributed by atoms with Crippen molar-refractivity contribution in [2.24, 2.45) is 4.99 Å². The van der Waals surface area contributed by atoms with Crippen molar-refractivity contribution in [2.75, 3.05) is 19.8 Å². The van der Waals surface area contributed by atoms with Gasteiger partial charge in [-0.1, -0.05) is 0 Å². The summed E-state index contributed by atoms with van der Waals surface area (Å²) in [4.78, 5) is 16.0. The van der Waals surface area contributed by atoms with Gasteiger partial charge in [0.2, 0.25) is 0 Å². The van der Waals surface area contributed by atoms with Crippen molar-refractivity contribution in [2.45, 2.75) is 39.2 Å². The van der Waals surface area contributed by atoms with E-state index in [1.807, 2.05) is 6.92 Å². The molecule has 0 saturated carbocycles. The SMILES string of the molecule is CCOC(=O)C1=NCC2=C1CCC(C)(C)OC2. The van der Waals surface area contributed by atoms with Gasteiger partial charge in [0, 0.05) is 0 Å². The summed E-state index contributed by atoms with van der Waals surface area (Å²) >= 11 is 0. The minimum Gasteiger partial charge on any atom is -0.461 e. The molecular formula is C13H19NO3. The van der Waals surface area contributed by atoms with Crippen molar-refractivity contribution in [3.63, 3.8) is 0 Å². The predicted octanol–water partition coefficient (Wildman–Crippen LogP) is 1.89. The maximum Gasteiger partial charge on any atom is 0.356 e. The van der Waals surface area contributed by atoms with E-state index < -0.39 is 0 Å². The molecule has 4 heteroatoms. The first kappa shape index (κ1) is 12.3. The molecule has 0 aromatic carbocycles. The highest BCUT2D eigenvalue weighted by atomic mass is 16.5. The fourth-order valence-corrected chi connectivity index (χ4v) is 2.13. The van der Waals surface area contributed by atoms with Crippen molar-refractivity contribution in [1.29, 1.82) is 0 Å². The molecule has 2 aliphatic rings. The van der Waals surface area contributed by atoms with Gasteiger partial charge in [0.1, 0.15) is 5.71 Å². The molecule has 0 aromatic heterocycles. The van der Waals surface area contributed by atoms with Crippen LogP contribution in [0.5, 0.6) is 0 Å². The third-order valence-corrected chi connectivity index (χ3v) is 3.22. The Kier molecular flexibility index (Phi) is 3.33. The van der Waals surface area contributed by atoms with E-state index in [-0.39, 0.29) is 11.6 Å². The van der Waals surface area contributed by atoms with Crippen molar-refractivity contribution < 1.29 is 14.3 Å². The number of esters is 1. The monoisotopic (exact) mass is 237 g/mol. The Labute approximate surface area is 102 Å². The van der Waals surface area contributed by atoms with E-state index in [1.54, 1.807) is 0 Å². The van der Waals surface area contributed by atoms with Crippen LogP contribution in [0.2, 0.25) is 0 Å². The minimum atomic E-state index is -0.294. The molecule has 0 radical (unpaired) electrons. The van der Waals surface area contributed by atoms with E-state index in [9.17, 15) is 4.79 Å². The zero-order chi connectivity index (χ0) is 12.5. The largest absolute Gasteiger partial charge is 0.461 e. The molecule has 17 heavy (non-hydrogen) atoms. The molecule has 0 amide bonds. The van der Waals surface area contributed by atoms with Crippen molar-refractivity contribution in [3.8, 4) is 0 Å². The predicted molar refractivity (Wildman–Crippen MR) is 65.2 cm³/mol. The van der Waals surface area contributed by atoms with Gasteiger partial charge in [-0.2, -0.15) is 0 Å². The summed E-state index contributed by atoms with van der Waals surface area (Å²) in [5.74, 6) is -0.294. The fourth-order valence-electron chi connectivity index (χ4n) is 2.13. The number of carbonyl (C=O) groups excluding carboxylic acids is 1. The number of aliphatic imine (C=N–C) groups is 1. The number of ether oxygens (including phenoxy) is 2. The molecule has 0 spiro atoms. The zero-order valence-electron chi connectivity index (χ0n) is 10.7. The van der Waals surface area contributed by atoms with Crippen LogP contribution in [0, 0.1) is 0 Å². The Balaban J connectivity index is 2.14. The van der Waals surface area contributed by atoms with Crippen molar-refractivity contribution in [1.82, 2.24) is 0 Å².